The maximum atomic E-state index is 12.0. The molecule has 2 rings (SSSR count). The third-order valence-electron chi connectivity index (χ3n) is 2.84. The Morgan fingerprint density at radius 1 is 1.09 bits per heavy atom. The van der Waals surface area contributed by atoms with Crippen LogP contribution < -0.4 is 10.1 Å². The fourth-order valence-corrected chi connectivity index (χ4v) is 1.83. The Morgan fingerprint density at radius 3 is 2.45 bits per heavy atom. The van der Waals surface area contributed by atoms with E-state index in [4.69, 9.17) is 9.57 Å². The van der Waals surface area contributed by atoms with Gasteiger partial charge in [-0.2, -0.15) is 0 Å². The van der Waals surface area contributed by atoms with Crippen LogP contribution in [-0.4, -0.2) is 25.3 Å². The molecular formula is C17H18N2O3. The SMILES string of the molecule is CCO/N=C(/C(=O)NC)c1ccccc1Oc1ccccc1. The van der Waals surface area contributed by atoms with Gasteiger partial charge in [-0.3, -0.25) is 4.79 Å². The summed E-state index contributed by atoms with van der Waals surface area (Å²) in [6, 6.07) is 16.6. The van der Waals surface area contributed by atoms with Gasteiger partial charge in [0.1, 0.15) is 18.1 Å². The Balaban J connectivity index is 2.39. The number of oxime groups is 1. The van der Waals surface area contributed by atoms with Gasteiger partial charge in [0.05, 0.1) is 5.56 Å². The number of amides is 1. The van der Waals surface area contributed by atoms with Crippen molar-refractivity contribution in [2.75, 3.05) is 13.7 Å². The molecule has 0 atom stereocenters. The van der Waals surface area contributed by atoms with Gasteiger partial charge in [-0.25, -0.2) is 0 Å². The van der Waals surface area contributed by atoms with Crippen LogP contribution in [0.5, 0.6) is 11.5 Å². The van der Waals surface area contributed by atoms with Crippen LogP contribution >= 0.6 is 0 Å². The van der Waals surface area contributed by atoms with Gasteiger partial charge in [-0.15, -0.1) is 0 Å². The lowest BCUT2D eigenvalue weighted by atomic mass is 10.1. The van der Waals surface area contributed by atoms with Gasteiger partial charge in [-0.1, -0.05) is 35.5 Å². The smallest absolute Gasteiger partial charge is 0.273 e. The summed E-state index contributed by atoms with van der Waals surface area (Å²) < 4.78 is 5.85. The van der Waals surface area contributed by atoms with E-state index in [1.807, 2.05) is 42.5 Å². The van der Waals surface area contributed by atoms with Gasteiger partial charge in [0.25, 0.3) is 5.91 Å². The summed E-state index contributed by atoms with van der Waals surface area (Å²) in [5.41, 5.74) is 0.745. The zero-order chi connectivity index (χ0) is 15.8. The number of para-hydroxylation sites is 2. The van der Waals surface area contributed by atoms with Crippen molar-refractivity contribution >= 4 is 11.6 Å². The summed E-state index contributed by atoms with van der Waals surface area (Å²) in [7, 11) is 1.55. The van der Waals surface area contributed by atoms with Gasteiger partial charge in [0, 0.05) is 7.05 Å². The molecule has 0 unspecified atom stereocenters. The van der Waals surface area contributed by atoms with Crippen molar-refractivity contribution in [2.24, 2.45) is 5.16 Å². The van der Waals surface area contributed by atoms with Gasteiger partial charge >= 0.3 is 0 Å². The number of carbonyl (C=O) groups excluding carboxylic acids is 1. The van der Waals surface area contributed by atoms with E-state index in [9.17, 15) is 4.79 Å². The summed E-state index contributed by atoms with van der Waals surface area (Å²) in [5, 5.41) is 6.47. The molecule has 0 aliphatic carbocycles. The van der Waals surface area contributed by atoms with Crippen LogP contribution in [0.1, 0.15) is 12.5 Å². The van der Waals surface area contributed by atoms with E-state index in [0.717, 1.165) is 0 Å². The highest BCUT2D eigenvalue weighted by Crippen LogP contribution is 2.25. The van der Waals surface area contributed by atoms with Crippen LogP contribution in [0.2, 0.25) is 0 Å². The molecule has 0 radical (unpaired) electrons. The topological polar surface area (TPSA) is 59.9 Å². The predicted molar refractivity (Wildman–Crippen MR) is 85.2 cm³/mol. The summed E-state index contributed by atoms with van der Waals surface area (Å²) in [6.07, 6.45) is 0. The largest absolute Gasteiger partial charge is 0.457 e. The lowest BCUT2D eigenvalue weighted by molar-refractivity contribution is -0.114. The molecule has 0 aromatic heterocycles. The van der Waals surface area contributed by atoms with Crippen molar-refractivity contribution in [1.82, 2.24) is 5.32 Å². The van der Waals surface area contributed by atoms with E-state index < -0.39 is 0 Å². The number of carbonyl (C=O) groups is 1. The van der Waals surface area contributed by atoms with Crippen molar-refractivity contribution in [3.63, 3.8) is 0 Å². The van der Waals surface area contributed by atoms with E-state index in [2.05, 4.69) is 10.5 Å². The zero-order valence-electron chi connectivity index (χ0n) is 12.6. The summed E-state index contributed by atoms with van der Waals surface area (Å²) in [4.78, 5) is 17.1. The number of nitrogens with zero attached hydrogens (tertiary/aromatic N) is 1. The fraction of sp³-hybridized carbons (Fsp3) is 0.176. The first-order valence-corrected chi connectivity index (χ1v) is 7.00. The Bertz CT molecular complexity index is 654. The Kier molecular flexibility index (Phi) is 5.54. The summed E-state index contributed by atoms with van der Waals surface area (Å²) >= 11 is 0. The molecule has 2 aromatic carbocycles. The second-order valence-electron chi connectivity index (χ2n) is 4.35. The molecule has 0 saturated heterocycles. The third kappa shape index (κ3) is 3.85. The maximum Gasteiger partial charge on any atom is 0.273 e. The Hall–Kier alpha value is -2.82. The number of hydrogen-bond acceptors (Lipinski definition) is 4. The monoisotopic (exact) mass is 298 g/mol. The normalized spacial score (nSPS) is 10.9. The zero-order valence-corrected chi connectivity index (χ0v) is 12.6. The number of benzene rings is 2. The van der Waals surface area contributed by atoms with Crippen LogP contribution in [0.4, 0.5) is 0 Å². The van der Waals surface area contributed by atoms with Crippen LogP contribution in [0.25, 0.3) is 0 Å². The summed E-state index contributed by atoms with van der Waals surface area (Å²) in [6.45, 7) is 2.18. The quantitative estimate of drug-likeness (QED) is 0.659. The molecule has 0 bridgehead atoms. The first-order chi connectivity index (χ1) is 10.8. The summed E-state index contributed by atoms with van der Waals surface area (Å²) in [5.74, 6) is 0.885. The highest BCUT2D eigenvalue weighted by Gasteiger charge is 2.18. The van der Waals surface area contributed by atoms with Crippen molar-refractivity contribution in [3.05, 3.63) is 60.2 Å². The van der Waals surface area contributed by atoms with E-state index in [1.54, 1.807) is 26.1 Å². The first-order valence-electron chi connectivity index (χ1n) is 7.00. The second kappa shape index (κ2) is 7.83. The third-order valence-corrected chi connectivity index (χ3v) is 2.84. The minimum Gasteiger partial charge on any atom is -0.457 e. The molecule has 0 spiro atoms. The molecule has 22 heavy (non-hydrogen) atoms. The molecule has 0 aliphatic heterocycles. The van der Waals surface area contributed by atoms with Crippen LogP contribution in [0, 0.1) is 0 Å². The molecule has 0 saturated carbocycles. The highest BCUT2D eigenvalue weighted by atomic mass is 16.6. The minimum absolute atomic E-state index is 0.177. The molecule has 114 valence electrons. The average molecular weight is 298 g/mol. The second-order valence-corrected chi connectivity index (χ2v) is 4.35. The average Bonchev–Trinajstić information content (AvgIpc) is 2.57. The Morgan fingerprint density at radius 2 is 1.77 bits per heavy atom. The Labute approximate surface area is 129 Å². The molecule has 5 nitrogen and oxygen atoms in total. The van der Waals surface area contributed by atoms with Crippen molar-refractivity contribution in [2.45, 2.75) is 6.92 Å². The van der Waals surface area contributed by atoms with Gasteiger partial charge in [0.15, 0.2) is 5.71 Å². The molecule has 2 aromatic rings. The van der Waals surface area contributed by atoms with Crippen LogP contribution in [0.3, 0.4) is 0 Å². The molecule has 0 fully saturated rings. The highest BCUT2D eigenvalue weighted by molar-refractivity contribution is 6.45. The molecular weight excluding hydrogens is 280 g/mol. The standard InChI is InChI=1S/C17H18N2O3/c1-3-21-19-16(17(20)18-2)14-11-7-8-12-15(14)22-13-9-5-4-6-10-13/h4-12H,3H2,1-2H3,(H,18,20)/b19-16+. The molecule has 0 aliphatic rings. The predicted octanol–water partition coefficient (Wildman–Crippen LogP) is 2.97. The number of likely N-dealkylation sites (N-methyl/N-ethyl adjacent to an activating group) is 1. The number of hydrogen-bond donors (Lipinski definition) is 1. The minimum atomic E-state index is -0.336. The number of nitrogens with one attached hydrogen (secondary N) is 1. The molecule has 0 heterocycles. The molecule has 1 N–H and O–H groups in total. The van der Waals surface area contributed by atoms with Crippen molar-refractivity contribution < 1.29 is 14.4 Å². The lowest BCUT2D eigenvalue weighted by Crippen LogP contribution is -2.29. The van der Waals surface area contributed by atoms with Crippen molar-refractivity contribution in [3.8, 4) is 11.5 Å². The van der Waals surface area contributed by atoms with E-state index in [0.29, 0.717) is 23.7 Å². The van der Waals surface area contributed by atoms with E-state index >= 15 is 0 Å². The van der Waals surface area contributed by atoms with Gasteiger partial charge in [-0.05, 0) is 31.2 Å². The van der Waals surface area contributed by atoms with Crippen molar-refractivity contribution in [1.29, 1.82) is 0 Å². The fourth-order valence-electron chi connectivity index (χ4n) is 1.83. The first kappa shape index (κ1) is 15.6. The molecule has 1 amide bonds. The lowest BCUT2D eigenvalue weighted by Gasteiger charge is -2.12. The van der Waals surface area contributed by atoms with Crippen LogP contribution in [0.15, 0.2) is 59.8 Å². The number of ether oxygens (including phenoxy) is 1. The van der Waals surface area contributed by atoms with Gasteiger partial charge in [0.2, 0.25) is 0 Å². The van der Waals surface area contributed by atoms with E-state index in [-0.39, 0.29) is 11.6 Å². The van der Waals surface area contributed by atoms with Crippen LogP contribution in [-0.2, 0) is 9.63 Å². The van der Waals surface area contributed by atoms with E-state index in [1.165, 1.54) is 0 Å². The maximum absolute atomic E-state index is 12.0. The number of rotatable bonds is 6. The van der Waals surface area contributed by atoms with Gasteiger partial charge < -0.3 is 14.9 Å². The molecule has 5 heteroatoms.